The molecular weight excluding hydrogens is 462 g/mol. The van der Waals surface area contributed by atoms with Crippen molar-refractivity contribution in [3.63, 3.8) is 0 Å². The van der Waals surface area contributed by atoms with E-state index < -0.39 is 6.04 Å². The van der Waals surface area contributed by atoms with Crippen molar-refractivity contribution in [3.05, 3.63) is 34.9 Å². The zero-order valence-electron chi connectivity index (χ0n) is 23.7. The molecule has 0 aromatic heterocycles. The average molecular weight is 512 g/mol. The van der Waals surface area contributed by atoms with Gasteiger partial charge in [0.2, 0.25) is 11.8 Å². The number of ether oxygens (including phenoxy) is 1. The number of carbonyl (C=O) groups is 2. The van der Waals surface area contributed by atoms with Crippen LogP contribution in [-0.4, -0.2) is 66.5 Å². The fourth-order valence-corrected chi connectivity index (χ4v) is 6.46. The highest BCUT2D eigenvalue weighted by Crippen LogP contribution is 2.38. The predicted octanol–water partition coefficient (Wildman–Crippen LogP) is 5.00. The number of hydrogen-bond donors (Lipinski definition) is 1. The normalized spacial score (nSPS) is 26.2. The number of hydrogen-bond acceptors (Lipinski definition) is 4. The molecule has 1 aromatic carbocycles. The Morgan fingerprint density at radius 1 is 1.00 bits per heavy atom. The van der Waals surface area contributed by atoms with Crippen molar-refractivity contribution < 1.29 is 14.3 Å². The summed E-state index contributed by atoms with van der Waals surface area (Å²) in [5.41, 5.74) is 3.62. The molecule has 206 valence electrons. The Morgan fingerprint density at radius 2 is 1.78 bits per heavy atom. The van der Waals surface area contributed by atoms with Crippen molar-refractivity contribution in [3.8, 4) is 0 Å². The lowest BCUT2D eigenvalue weighted by Crippen LogP contribution is -2.56. The van der Waals surface area contributed by atoms with Crippen LogP contribution >= 0.6 is 0 Å². The summed E-state index contributed by atoms with van der Waals surface area (Å²) in [7, 11) is 0. The number of amides is 2. The third-order valence-electron chi connectivity index (χ3n) is 9.00. The van der Waals surface area contributed by atoms with E-state index in [0.29, 0.717) is 18.9 Å². The monoisotopic (exact) mass is 511 g/mol. The van der Waals surface area contributed by atoms with Crippen LogP contribution in [0.25, 0.3) is 0 Å². The van der Waals surface area contributed by atoms with Crippen molar-refractivity contribution in [1.29, 1.82) is 0 Å². The molecule has 2 amide bonds. The Labute approximate surface area is 224 Å². The maximum absolute atomic E-state index is 14.0. The largest absolute Gasteiger partial charge is 0.379 e. The molecule has 0 bridgehead atoms. The highest BCUT2D eigenvalue weighted by Gasteiger charge is 2.43. The summed E-state index contributed by atoms with van der Waals surface area (Å²) in [6, 6.07) is 6.44. The van der Waals surface area contributed by atoms with Crippen LogP contribution in [0.3, 0.4) is 0 Å². The summed E-state index contributed by atoms with van der Waals surface area (Å²) >= 11 is 0. The third-order valence-corrected chi connectivity index (χ3v) is 9.00. The van der Waals surface area contributed by atoms with Crippen LogP contribution in [0.4, 0.5) is 0 Å². The Balaban J connectivity index is 1.48. The van der Waals surface area contributed by atoms with Crippen LogP contribution in [0.2, 0.25) is 0 Å². The molecule has 0 saturated carbocycles. The quantitative estimate of drug-likeness (QED) is 0.618. The zero-order chi connectivity index (χ0) is 26.4. The molecule has 6 heteroatoms. The first-order valence-electron chi connectivity index (χ1n) is 14.7. The molecule has 6 nitrogen and oxygen atoms in total. The second-order valence-electron chi connectivity index (χ2n) is 12.3. The highest BCUT2D eigenvalue weighted by molar-refractivity contribution is 5.90. The molecule has 1 aromatic rings. The van der Waals surface area contributed by atoms with Crippen molar-refractivity contribution in [1.82, 2.24) is 15.1 Å². The van der Waals surface area contributed by atoms with Gasteiger partial charge in [-0.3, -0.25) is 14.5 Å². The highest BCUT2D eigenvalue weighted by atomic mass is 16.5. The fourth-order valence-electron chi connectivity index (χ4n) is 6.46. The molecule has 0 radical (unpaired) electrons. The van der Waals surface area contributed by atoms with Gasteiger partial charge in [-0.2, -0.15) is 0 Å². The van der Waals surface area contributed by atoms with E-state index in [1.807, 2.05) is 4.90 Å². The SMILES string of the molecule is Cc1ccc(CN2CCC3(CCCCCOC[C@@H]4CCCN4C(=O)[C@H](CC(C)C)NC3=O)CC2)cc1C. The Hall–Kier alpha value is -1.92. The minimum atomic E-state index is -0.443. The molecule has 37 heavy (non-hydrogen) atoms. The number of likely N-dealkylation sites (tertiary alicyclic amines) is 1. The molecule has 3 aliphatic rings. The number of rotatable bonds is 4. The van der Waals surface area contributed by atoms with E-state index >= 15 is 0 Å². The predicted molar refractivity (Wildman–Crippen MR) is 148 cm³/mol. The number of aryl methyl sites for hydroxylation is 2. The van der Waals surface area contributed by atoms with E-state index in [1.54, 1.807) is 0 Å². The van der Waals surface area contributed by atoms with Crippen molar-refractivity contribution in [2.75, 3.05) is 32.8 Å². The Bertz CT molecular complexity index is 922. The van der Waals surface area contributed by atoms with Gasteiger partial charge in [-0.15, -0.1) is 0 Å². The lowest BCUT2D eigenvalue weighted by molar-refractivity contribution is -0.143. The summed E-state index contributed by atoms with van der Waals surface area (Å²) < 4.78 is 6.01. The van der Waals surface area contributed by atoms with Gasteiger partial charge in [0.1, 0.15) is 6.04 Å². The molecule has 3 aliphatic heterocycles. The van der Waals surface area contributed by atoms with Gasteiger partial charge < -0.3 is 15.0 Å². The first-order chi connectivity index (χ1) is 17.8. The number of fused-ring (bicyclic) bond motifs is 1. The molecular formula is C31H49N3O3. The van der Waals surface area contributed by atoms with Gasteiger partial charge in [-0.1, -0.05) is 44.9 Å². The van der Waals surface area contributed by atoms with Crippen LogP contribution in [0.5, 0.6) is 0 Å². The maximum atomic E-state index is 14.0. The van der Waals surface area contributed by atoms with Crippen LogP contribution in [0.1, 0.15) is 88.3 Å². The summed E-state index contributed by atoms with van der Waals surface area (Å²) in [5.74, 6) is 0.537. The minimum Gasteiger partial charge on any atom is -0.379 e. The second kappa shape index (κ2) is 12.8. The summed E-state index contributed by atoms with van der Waals surface area (Å²) in [5, 5.41) is 3.31. The second-order valence-corrected chi connectivity index (χ2v) is 12.3. The average Bonchev–Trinajstić information content (AvgIpc) is 3.33. The molecule has 1 N–H and O–H groups in total. The van der Waals surface area contributed by atoms with Crippen molar-refractivity contribution in [2.45, 2.75) is 104 Å². The van der Waals surface area contributed by atoms with E-state index in [4.69, 9.17) is 4.74 Å². The molecule has 0 unspecified atom stereocenters. The van der Waals surface area contributed by atoms with Crippen molar-refractivity contribution in [2.24, 2.45) is 11.3 Å². The molecule has 4 rings (SSSR count). The first kappa shape index (κ1) is 28.1. The van der Waals surface area contributed by atoms with Crippen LogP contribution in [-0.2, 0) is 20.9 Å². The van der Waals surface area contributed by atoms with Gasteiger partial charge in [0.15, 0.2) is 0 Å². The van der Waals surface area contributed by atoms with Gasteiger partial charge in [-0.05, 0) is 94.5 Å². The molecule has 0 aliphatic carbocycles. The molecule has 1 spiro atoms. The van der Waals surface area contributed by atoms with Gasteiger partial charge in [0, 0.05) is 19.7 Å². The van der Waals surface area contributed by atoms with E-state index in [-0.39, 0.29) is 23.3 Å². The lowest BCUT2D eigenvalue weighted by Gasteiger charge is -2.42. The van der Waals surface area contributed by atoms with Crippen LogP contribution in [0, 0.1) is 25.2 Å². The van der Waals surface area contributed by atoms with Gasteiger partial charge in [0.05, 0.1) is 18.1 Å². The maximum Gasteiger partial charge on any atom is 0.245 e. The summed E-state index contributed by atoms with van der Waals surface area (Å²) in [6.45, 7) is 13.5. The number of benzene rings is 1. The van der Waals surface area contributed by atoms with Crippen molar-refractivity contribution >= 4 is 11.8 Å². The molecule has 2 atom stereocenters. The van der Waals surface area contributed by atoms with E-state index in [1.165, 1.54) is 16.7 Å². The standard InChI is InChI=1S/C31H49N3O3/c1-23(2)19-28-29(35)34-15-8-9-27(34)22-37-18-7-5-6-12-31(30(36)32-28)13-16-33(17-14-31)21-26-11-10-24(3)25(4)20-26/h10-11,20,23,27-28H,5-9,12-19,21-22H2,1-4H3,(H,32,36)/t27-,28-/m0/s1. The summed E-state index contributed by atoms with van der Waals surface area (Å²) in [6.07, 6.45) is 8.44. The van der Waals surface area contributed by atoms with Gasteiger partial charge in [-0.25, -0.2) is 0 Å². The van der Waals surface area contributed by atoms with Crippen LogP contribution < -0.4 is 5.32 Å². The molecule has 3 saturated heterocycles. The smallest absolute Gasteiger partial charge is 0.245 e. The third kappa shape index (κ3) is 7.14. The van der Waals surface area contributed by atoms with Gasteiger partial charge in [0.25, 0.3) is 0 Å². The van der Waals surface area contributed by atoms with E-state index in [9.17, 15) is 9.59 Å². The Morgan fingerprint density at radius 3 is 2.51 bits per heavy atom. The van der Waals surface area contributed by atoms with Gasteiger partial charge >= 0.3 is 0 Å². The molecule has 3 heterocycles. The zero-order valence-corrected chi connectivity index (χ0v) is 23.7. The number of carbonyl (C=O) groups excluding carboxylic acids is 2. The minimum absolute atomic E-state index is 0.0903. The summed E-state index contributed by atoms with van der Waals surface area (Å²) in [4.78, 5) is 32.2. The number of piperidine rings is 1. The first-order valence-corrected chi connectivity index (χ1v) is 14.7. The van der Waals surface area contributed by atoms with Crippen LogP contribution in [0.15, 0.2) is 18.2 Å². The van der Waals surface area contributed by atoms with E-state index in [2.05, 4.69) is 56.1 Å². The topological polar surface area (TPSA) is 61.9 Å². The lowest BCUT2D eigenvalue weighted by atomic mass is 9.73. The number of nitrogens with one attached hydrogen (secondary N) is 1. The van der Waals surface area contributed by atoms with E-state index in [0.717, 1.165) is 84.2 Å². The fraction of sp³-hybridized carbons (Fsp3) is 0.742. The number of nitrogens with zero attached hydrogens (tertiary/aromatic N) is 2. The molecule has 3 fully saturated rings. The Kier molecular flexibility index (Phi) is 9.68.